The summed E-state index contributed by atoms with van der Waals surface area (Å²) in [6.07, 6.45) is 0. The van der Waals surface area contributed by atoms with Gasteiger partial charge in [-0.25, -0.2) is 8.78 Å². The number of carbonyl (C=O) groups excluding carboxylic acids is 1. The molecule has 0 saturated heterocycles. The molecule has 2 aromatic rings. The van der Waals surface area contributed by atoms with E-state index < -0.39 is 17.5 Å². The molecule has 0 aliphatic carbocycles. The molecule has 7 heteroatoms. The highest BCUT2D eigenvalue weighted by Gasteiger charge is 2.15. The summed E-state index contributed by atoms with van der Waals surface area (Å²) >= 11 is 17.2. The van der Waals surface area contributed by atoms with E-state index in [1.54, 1.807) is 0 Å². The van der Waals surface area contributed by atoms with Gasteiger partial charge in [0.1, 0.15) is 0 Å². The van der Waals surface area contributed by atoms with Gasteiger partial charge in [0.2, 0.25) is 0 Å². The highest BCUT2D eigenvalue weighted by molar-refractivity contribution is 6.42. The first-order valence-electron chi connectivity index (χ1n) is 5.29. The monoisotopic (exact) mass is 335 g/mol. The minimum absolute atomic E-state index is 0.184. The van der Waals surface area contributed by atoms with Crippen LogP contribution in [-0.2, 0) is 0 Å². The van der Waals surface area contributed by atoms with Crippen LogP contribution in [0.25, 0.3) is 0 Å². The van der Waals surface area contributed by atoms with Gasteiger partial charge in [-0.1, -0.05) is 34.8 Å². The molecule has 0 atom stereocenters. The third kappa shape index (κ3) is 3.20. The van der Waals surface area contributed by atoms with Crippen LogP contribution in [-0.4, -0.2) is 5.91 Å². The van der Waals surface area contributed by atoms with Crippen LogP contribution in [0.15, 0.2) is 30.3 Å². The fourth-order valence-electron chi connectivity index (χ4n) is 1.47. The van der Waals surface area contributed by atoms with Crippen LogP contribution in [0.2, 0.25) is 15.1 Å². The Bertz CT molecular complexity index is 692. The first kappa shape index (κ1) is 15.0. The Labute approximate surface area is 128 Å². The van der Waals surface area contributed by atoms with Crippen molar-refractivity contribution in [1.29, 1.82) is 0 Å². The number of hydrogen-bond donors (Lipinski definition) is 1. The first-order chi connectivity index (χ1) is 9.38. The molecule has 0 spiro atoms. The molecule has 2 aromatic carbocycles. The van der Waals surface area contributed by atoms with Crippen LogP contribution in [0.1, 0.15) is 10.4 Å². The number of carbonyl (C=O) groups is 1. The Morgan fingerprint density at radius 1 is 0.900 bits per heavy atom. The largest absolute Gasteiger partial charge is 0.322 e. The molecule has 1 amide bonds. The zero-order valence-electron chi connectivity index (χ0n) is 9.68. The second-order valence-corrected chi connectivity index (χ2v) is 5.05. The smallest absolute Gasteiger partial charge is 0.257 e. The molecule has 0 saturated carbocycles. The van der Waals surface area contributed by atoms with E-state index in [1.165, 1.54) is 18.2 Å². The molecule has 0 fully saturated rings. The van der Waals surface area contributed by atoms with Crippen molar-refractivity contribution in [2.24, 2.45) is 0 Å². The highest BCUT2D eigenvalue weighted by atomic mass is 35.5. The second-order valence-electron chi connectivity index (χ2n) is 3.83. The van der Waals surface area contributed by atoms with Crippen LogP contribution in [0.3, 0.4) is 0 Å². The Morgan fingerprint density at radius 3 is 2.20 bits per heavy atom. The van der Waals surface area contributed by atoms with Gasteiger partial charge < -0.3 is 5.32 Å². The molecule has 2 nitrogen and oxygen atoms in total. The number of hydrogen-bond acceptors (Lipinski definition) is 1. The average molecular weight is 337 g/mol. The van der Waals surface area contributed by atoms with Crippen LogP contribution in [0, 0.1) is 11.6 Å². The van der Waals surface area contributed by atoms with E-state index in [0.29, 0.717) is 10.7 Å². The molecule has 0 aliphatic heterocycles. The van der Waals surface area contributed by atoms with Crippen LogP contribution in [0.4, 0.5) is 14.5 Å². The molecule has 0 aromatic heterocycles. The number of halogens is 5. The highest BCUT2D eigenvalue weighted by Crippen LogP contribution is 2.26. The van der Waals surface area contributed by atoms with Gasteiger partial charge in [-0.15, -0.1) is 0 Å². The maximum atomic E-state index is 13.1. The fraction of sp³-hybridized carbons (Fsp3) is 0. The maximum Gasteiger partial charge on any atom is 0.257 e. The van der Waals surface area contributed by atoms with E-state index in [2.05, 4.69) is 5.32 Å². The lowest BCUT2D eigenvalue weighted by Gasteiger charge is -2.08. The van der Waals surface area contributed by atoms with Gasteiger partial charge in [0, 0.05) is 5.69 Å². The van der Waals surface area contributed by atoms with Crippen molar-refractivity contribution in [3.8, 4) is 0 Å². The van der Waals surface area contributed by atoms with Crippen molar-refractivity contribution in [2.45, 2.75) is 0 Å². The van der Waals surface area contributed by atoms with Gasteiger partial charge in [0.15, 0.2) is 11.6 Å². The Morgan fingerprint density at radius 2 is 1.55 bits per heavy atom. The van der Waals surface area contributed by atoms with Gasteiger partial charge >= 0.3 is 0 Å². The van der Waals surface area contributed by atoms with Crippen LogP contribution in [0.5, 0.6) is 0 Å². The van der Waals surface area contributed by atoms with Gasteiger partial charge in [-0.05, 0) is 30.3 Å². The Hall–Kier alpha value is -1.36. The van der Waals surface area contributed by atoms with Crippen molar-refractivity contribution in [3.05, 3.63) is 62.6 Å². The third-order valence-electron chi connectivity index (χ3n) is 2.43. The van der Waals surface area contributed by atoms with Gasteiger partial charge in [0.25, 0.3) is 5.91 Å². The summed E-state index contributed by atoms with van der Waals surface area (Å²) in [6, 6.07) is 5.90. The van der Waals surface area contributed by atoms with Gasteiger partial charge in [-0.2, -0.15) is 0 Å². The lowest BCUT2D eigenvalue weighted by atomic mass is 10.2. The summed E-state index contributed by atoms with van der Waals surface area (Å²) in [5.41, 5.74) is 0.168. The molecular weight excluding hydrogens is 331 g/mol. The summed E-state index contributed by atoms with van der Waals surface area (Å²) in [5, 5.41) is 2.85. The van der Waals surface area contributed by atoms with Crippen molar-refractivity contribution in [1.82, 2.24) is 0 Å². The zero-order valence-corrected chi connectivity index (χ0v) is 12.0. The van der Waals surface area contributed by atoms with Gasteiger partial charge in [-0.3, -0.25) is 4.79 Å². The number of amides is 1. The lowest BCUT2D eigenvalue weighted by molar-refractivity contribution is 0.102. The quantitative estimate of drug-likeness (QED) is 0.752. The predicted octanol–water partition coefficient (Wildman–Crippen LogP) is 5.18. The van der Waals surface area contributed by atoms with Gasteiger partial charge in [0.05, 0.1) is 20.6 Å². The zero-order chi connectivity index (χ0) is 14.9. The summed E-state index contributed by atoms with van der Waals surface area (Å²) in [7, 11) is 0. The summed E-state index contributed by atoms with van der Waals surface area (Å²) < 4.78 is 26.0. The molecule has 1 N–H and O–H groups in total. The molecule has 2 rings (SSSR count). The van der Waals surface area contributed by atoms with Crippen LogP contribution >= 0.6 is 34.8 Å². The topological polar surface area (TPSA) is 29.1 Å². The summed E-state index contributed by atoms with van der Waals surface area (Å²) in [6.45, 7) is 0. The average Bonchev–Trinajstić information content (AvgIpc) is 2.38. The number of anilines is 1. The predicted molar refractivity (Wildman–Crippen MR) is 75.8 cm³/mol. The maximum absolute atomic E-state index is 13.1. The second kappa shape index (κ2) is 5.95. The molecule has 0 heterocycles. The van der Waals surface area contributed by atoms with Crippen molar-refractivity contribution in [3.63, 3.8) is 0 Å². The Balaban J connectivity index is 2.28. The van der Waals surface area contributed by atoms with Crippen molar-refractivity contribution >= 4 is 46.4 Å². The summed E-state index contributed by atoms with van der Waals surface area (Å²) in [5.74, 6) is -2.97. The number of rotatable bonds is 2. The van der Waals surface area contributed by atoms with E-state index in [-0.39, 0.29) is 15.6 Å². The van der Waals surface area contributed by atoms with E-state index in [9.17, 15) is 13.6 Å². The van der Waals surface area contributed by atoms with Crippen LogP contribution < -0.4 is 5.32 Å². The standard InChI is InChI=1S/C13H6Cl3F2NO/c14-8-2-1-6(3-10(8)16)19-13(20)7-4-11(17)12(18)5-9(7)15/h1-5H,(H,19,20). The Kier molecular flexibility index (Phi) is 4.48. The third-order valence-corrected chi connectivity index (χ3v) is 3.48. The number of nitrogens with one attached hydrogen (secondary N) is 1. The molecule has 0 bridgehead atoms. The molecular formula is C13H6Cl3F2NO. The first-order valence-corrected chi connectivity index (χ1v) is 6.43. The SMILES string of the molecule is O=C(Nc1ccc(Cl)c(Cl)c1)c1cc(F)c(F)cc1Cl. The lowest BCUT2D eigenvalue weighted by Crippen LogP contribution is -2.13. The number of benzene rings is 2. The van der Waals surface area contributed by atoms with E-state index in [1.807, 2.05) is 0 Å². The van der Waals surface area contributed by atoms with E-state index >= 15 is 0 Å². The van der Waals surface area contributed by atoms with Crippen molar-refractivity contribution in [2.75, 3.05) is 5.32 Å². The minimum atomic E-state index is -1.16. The molecule has 0 aliphatic rings. The molecule has 0 radical (unpaired) electrons. The molecule has 104 valence electrons. The molecule has 20 heavy (non-hydrogen) atoms. The summed E-state index contributed by atoms with van der Waals surface area (Å²) in [4.78, 5) is 11.9. The minimum Gasteiger partial charge on any atom is -0.322 e. The molecule has 0 unspecified atom stereocenters. The van der Waals surface area contributed by atoms with E-state index in [0.717, 1.165) is 12.1 Å². The fourth-order valence-corrected chi connectivity index (χ4v) is 2.00. The normalized spacial score (nSPS) is 10.4. The van der Waals surface area contributed by atoms with Crippen molar-refractivity contribution < 1.29 is 13.6 Å². The van der Waals surface area contributed by atoms with E-state index in [4.69, 9.17) is 34.8 Å².